The third kappa shape index (κ3) is 4.71. The molecule has 9 nitrogen and oxygen atoms in total. The molecule has 152 valence electrons. The molecule has 2 aromatic rings. The summed E-state index contributed by atoms with van der Waals surface area (Å²) in [6, 6.07) is 4.77. The van der Waals surface area contributed by atoms with Crippen LogP contribution in [0.25, 0.3) is 11.1 Å². The molecule has 0 radical (unpaired) electrons. The molecule has 1 aromatic heterocycles. The fourth-order valence-electron chi connectivity index (χ4n) is 3.35. The summed E-state index contributed by atoms with van der Waals surface area (Å²) in [4.78, 5) is 30.8. The molecule has 1 saturated heterocycles. The smallest absolute Gasteiger partial charge is 0.410 e. The number of rotatable bonds is 4. The predicted octanol–water partition coefficient (Wildman–Crippen LogP) is 3.82. The molecule has 0 spiro atoms. The monoisotopic (exact) mass is 390 g/mol. The van der Waals surface area contributed by atoms with Gasteiger partial charge in [0.05, 0.1) is 4.92 Å². The van der Waals surface area contributed by atoms with Crippen LogP contribution in [0.2, 0.25) is 0 Å². The van der Waals surface area contributed by atoms with E-state index in [1.54, 1.807) is 11.0 Å². The number of nitro benzene ring substituents is 1. The number of hydrogen-bond donors (Lipinski definition) is 0. The van der Waals surface area contributed by atoms with Crippen molar-refractivity contribution in [2.45, 2.75) is 39.2 Å². The van der Waals surface area contributed by atoms with Crippen molar-refractivity contribution in [1.29, 1.82) is 0 Å². The van der Waals surface area contributed by atoms with Crippen molar-refractivity contribution in [3.05, 3.63) is 28.3 Å². The number of piperidine rings is 1. The zero-order chi connectivity index (χ0) is 20.5. The van der Waals surface area contributed by atoms with Crippen LogP contribution in [0, 0.1) is 16.0 Å². The summed E-state index contributed by atoms with van der Waals surface area (Å²) in [5.41, 5.74) is 0.429. The first kappa shape index (κ1) is 19.9. The van der Waals surface area contributed by atoms with E-state index in [1.165, 1.54) is 12.1 Å². The van der Waals surface area contributed by atoms with Gasteiger partial charge in [-0.2, -0.15) is 4.98 Å². The van der Waals surface area contributed by atoms with Crippen molar-refractivity contribution in [1.82, 2.24) is 9.88 Å². The number of nitro groups is 1. The number of nitrogens with zero attached hydrogens (tertiary/aromatic N) is 4. The number of likely N-dealkylation sites (tertiary alicyclic amines) is 1. The highest BCUT2D eigenvalue weighted by Gasteiger charge is 2.28. The number of non-ortho nitro benzene ring substituents is 1. The molecular weight excluding hydrogens is 364 g/mol. The zero-order valence-corrected chi connectivity index (χ0v) is 16.7. The number of fused-ring (bicyclic) bond motifs is 1. The molecule has 1 fully saturated rings. The second-order valence-electron chi connectivity index (χ2n) is 8.22. The lowest BCUT2D eigenvalue weighted by molar-refractivity contribution is -0.384. The standard InChI is InChI=1S/C19H26N4O5/c1-19(2,3)28-18(24)22-9-5-6-13(12-22)11-21(4)17-20-15-10-14(23(25)26)7-8-16(15)27-17/h7-8,10,13H,5-6,9,11-12H2,1-4H3/t13-/m1/s1. The van der Waals surface area contributed by atoms with E-state index in [4.69, 9.17) is 9.15 Å². The summed E-state index contributed by atoms with van der Waals surface area (Å²) in [7, 11) is 1.87. The molecule has 0 aliphatic carbocycles. The molecule has 0 saturated carbocycles. The van der Waals surface area contributed by atoms with E-state index in [-0.39, 0.29) is 17.7 Å². The number of benzene rings is 1. The van der Waals surface area contributed by atoms with Gasteiger partial charge in [0.1, 0.15) is 11.1 Å². The van der Waals surface area contributed by atoms with E-state index in [0.717, 1.165) is 12.8 Å². The molecule has 1 atom stereocenters. The minimum Gasteiger partial charge on any atom is -0.444 e. The van der Waals surface area contributed by atoms with Crippen LogP contribution < -0.4 is 4.90 Å². The van der Waals surface area contributed by atoms with Gasteiger partial charge in [-0.05, 0) is 45.6 Å². The highest BCUT2D eigenvalue weighted by atomic mass is 16.6. The number of carbonyl (C=O) groups is 1. The quantitative estimate of drug-likeness (QED) is 0.577. The number of amides is 1. The summed E-state index contributed by atoms with van der Waals surface area (Å²) < 4.78 is 11.2. The summed E-state index contributed by atoms with van der Waals surface area (Å²) in [5, 5.41) is 10.9. The lowest BCUT2D eigenvalue weighted by Gasteiger charge is -2.35. The van der Waals surface area contributed by atoms with Gasteiger partial charge in [-0.3, -0.25) is 10.1 Å². The van der Waals surface area contributed by atoms with Crippen molar-refractivity contribution in [2.24, 2.45) is 5.92 Å². The third-order valence-corrected chi connectivity index (χ3v) is 4.60. The molecule has 2 heterocycles. The van der Waals surface area contributed by atoms with E-state index in [1.807, 2.05) is 32.7 Å². The molecule has 1 amide bonds. The molecule has 28 heavy (non-hydrogen) atoms. The first-order valence-corrected chi connectivity index (χ1v) is 9.36. The summed E-state index contributed by atoms with van der Waals surface area (Å²) in [6.07, 6.45) is 1.63. The zero-order valence-electron chi connectivity index (χ0n) is 16.7. The maximum atomic E-state index is 12.3. The minimum absolute atomic E-state index is 0.0183. The van der Waals surface area contributed by atoms with Crippen LogP contribution in [0.3, 0.4) is 0 Å². The second-order valence-corrected chi connectivity index (χ2v) is 8.22. The summed E-state index contributed by atoms with van der Waals surface area (Å²) >= 11 is 0. The van der Waals surface area contributed by atoms with E-state index in [2.05, 4.69) is 4.98 Å². The predicted molar refractivity (Wildman–Crippen MR) is 104 cm³/mol. The van der Waals surface area contributed by atoms with Crippen molar-refractivity contribution in [3.63, 3.8) is 0 Å². The van der Waals surface area contributed by atoms with Crippen LogP contribution in [0.15, 0.2) is 22.6 Å². The number of hydrogen-bond acceptors (Lipinski definition) is 7. The Kier molecular flexibility index (Phi) is 5.44. The first-order chi connectivity index (χ1) is 13.1. The topological polar surface area (TPSA) is 102 Å². The Labute approximate surface area is 163 Å². The maximum absolute atomic E-state index is 12.3. The SMILES string of the molecule is CN(C[C@H]1CCCN(C(=O)OC(C)(C)C)C1)c1nc2cc([N+](=O)[O-])ccc2o1. The van der Waals surface area contributed by atoms with Crippen molar-refractivity contribution < 1.29 is 18.9 Å². The Morgan fingerprint density at radius 2 is 2.21 bits per heavy atom. The van der Waals surface area contributed by atoms with Gasteiger partial charge in [-0.1, -0.05) is 0 Å². The van der Waals surface area contributed by atoms with E-state index in [9.17, 15) is 14.9 Å². The van der Waals surface area contributed by atoms with Crippen LogP contribution in [0.5, 0.6) is 0 Å². The van der Waals surface area contributed by atoms with E-state index >= 15 is 0 Å². The normalized spacial score (nSPS) is 17.6. The van der Waals surface area contributed by atoms with Gasteiger partial charge in [0.15, 0.2) is 5.58 Å². The number of oxazole rings is 1. The Morgan fingerprint density at radius 3 is 2.89 bits per heavy atom. The largest absolute Gasteiger partial charge is 0.444 e. The van der Waals surface area contributed by atoms with Gasteiger partial charge in [-0.25, -0.2) is 4.79 Å². The van der Waals surface area contributed by atoms with Gasteiger partial charge in [0.2, 0.25) is 0 Å². The van der Waals surface area contributed by atoms with Gasteiger partial charge < -0.3 is 19.0 Å². The lowest BCUT2D eigenvalue weighted by Crippen LogP contribution is -2.45. The second kappa shape index (κ2) is 7.65. The number of carbonyl (C=O) groups excluding carboxylic acids is 1. The third-order valence-electron chi connectivity index (χ3n) is 4.60. The fourth-order valence-corrected chi connectivity index (χ4v) is 3.35. The minimum atomic E-state index is -0.512. The Balaban J connectivity index is 1.65. The maximum Gasteiger partial charge on any atom is 0.410 e. The van der Waals surface area contributed by atoms with Gasteiger partial charge >= 0.3 is 6.09 Å². The van der Waals surface area contributed by atoms with Gasteiger partial charge in [0.25, 0.3) is 11.7 Å². The van der Waals surface area contributed by atoms with Crippen molar-refractivity contribution in [3.8, 4) is 0 Å². The van der Waals surface area contributed by atoms with Crippen LogP contribution >= 0.6 is 0 Å². The number of ether oxygens (including phenoxy) is 1. The molecule has 0 N–H and O–H groups in total. The first-order valence-electron chi connectivity index (χ1n) is 9.36. The average molecular weight is 390 g/mol. The molecule has 1 aromatic carbocycles. The molecular formula is C19H26N4O5. The number of anilines is 1. The Bertz CT molecular complexity index is 873. The summed E-state index contributed by atoms with van der Waals surface area (Å²) in [6.45, 7) is 7.55. The number of aromatic nitrogens is 1. The fraction of sp³-hybridized carbons (Fsp3) is 0.579. The molecule has 3 rings (SSSR count). The van der Waals surface area contributed by atoms with Gasteiger partial charge in [-0.15, -0.1) is 0 Å². The molecule has 9 heteroatoms. The van der Waals surface area contributed by atoms with E-state index in [0.29, 0.717) is 36.7 Å². The van der Waals surface area contributed by atoms with Crippen molar-refractivity contribution >= 4 is 28.9 Å². The molecule has 1 aliphatic heterocycles. The summed E-state index contributed by atoms with van der Waals surface area (Å²) in [5.74, 6) is 0.260. The molecule has 0 unspecified atom stereocenters. The molecule has 0 bridgehead atoms. The van der Waals surface area contributed by atoms with Crippen molar-refractivity contribution in [2.75, 3.05) is 31.6 Å². The highest BCUT2D eigenvalue weighted by Crippen LogP contribution is 2.27. The molecule has 1 aliphatic rings. The Morgan fingerprint density at radius 1 is 1.46 bits per heavy atom. The average Bonchev–Trinajstić information content (AvgIpc) is 3.04. The van der Waals surface area contributed by atoms with Crippen LogP contribution in [-0.4, -0.2) is 53.2 Å². The van der Waals surface area contributed by atoms with Crippen LogP contribution in [0.1, 0.15) is 33.6 Å². The lowest BCUT2D eigenvalue weighted by atomic mass is 9.98. The van der Waals surface area contributed by atoms with E-state index < -0.39 is 10.5 Å². The van der Waals surface area contributed by atoms with Gasteiger partial charge in [0, 0.05) is 38.8 Å². The van der Waals surface area contributed by atoms with Crippen LogP contribution in [0.4, 0.5) is 16.5 Å². The highest BCUT2D eigenvalue weighted by molar-refractivity contribution is 5.77. The van der Waals surface area contributed by atoms with Crippen LogP contribution in [-0.2, 0) is 4.74 Å². The Hall–Kier alpha value is -2.84.